The first-order valence-corrected chi connectivity index (χ1v) is 13.9. The number of methoxy groups -OCH3 is 1. The summed E-state index contributed by atoms with van der Waals surface area (Å²) in [5, 5.41) is 12.4. The third-order valence-corrected chi connectivity index (χ3v) is 7.09. The Morgan fingerprint density at radius 1 is 0.791 bits per heavy atom. The maximum atomic E-state index is 12.9. The minimum absolute atomic E-state index is 0.0816. The van der Waals surface area contributed by atoms with E-state index in [0.29, 0.717) is 5.56 Å². The fourth-order valence-corrected chi connectivity index (χ4v) is 4.87. The first-order valence-electron chi connectivity index (χ1n) is 13.9. The largest absolute Gasteiger partial charge is 0.497 e. The van der Waals surface area contributed by atoms with Crippen molar-refractivity contribution >= 4 is 28.3 Å². The quantitative estimate of drug-likeness (QED) is 0.257. The fraction of sp³-hybridized carbons (Fsp3) is 0.273. The van der Waals surface area contributed by atoms with Crippen molar-refractivity contribution in [3.63, 3.8) is 0 Å². The number of hydrogen-bond acceptors (Lipinski definition) is 5. The number of aliphatic carboxylic acids is 1. The van der Waals surface area contributed by atoms with Crippen molar-refractivity contribution in [2.75, 3.05) is 38.6 Å². The van der Waals surface area contributed by atoms with Gasteiger partial charge in [0.05, 0.1) is 7.11 Å². The lowest BCUT2D eigenvalue weighted by molar-refractivity contribution is -0.192. The normalized spacial score (nSPS) is 14.3. The predicted octanol–water partition coefficient (Wildman–Crippen LogP) is 6.44. The van der Waals surface area contributed by atoms with Gasteiger partial charge in [-0.1, -0.05) is 54.6 Å². The molecule has 0 aromatic heterocycles. The Bertz CT molecular complexity index is 1530. The molecule has 0 radical (unpaired) electrons. The van der Waals surface area contributed by atoms with Crippen molar-refractivity contribution in [2.24, 2.45) is 0 Å². The van der Waals surface area contributed by atoms with Crippen molar-refractivity contribution in [2.45, 2.75) is 25.7 Å². The van der Waals surface area contributed by atoms with E-state index < -0.39 is 12.1 Å². The molecule has 1 aliphatic rings. The summed E-state index contributed by atoms with van der Waals surface area (Å²) < 4.78 is 37.0. The second kappa shape index (κ2) is 14.7. The summed E-state index contributed by atoms with van der Waals surface area (Å²) in [5.74, 6) is -1.94. The van der Waals surface area contributed by atoms with Gasteiger partial charge in [0.25, 0.3) is 5.91 Å². The van der Waals surface area contributed by atoms with Crippen LogP contribution in [0.2, 0.25) is 0 Å². The number of carbonyl (C=O) groups is 2. The molecule has 4 aromatic carbocycles. The molecule has 1 amide bonds. The number of carboxylic acid groups (broad SMARTS) is 1. The summed E-state index contributed by atoms with van der Waals surface area (Å²) in [4.78, 5) is 26.8. The molecule has 0 atom stereocenters. The van der Waals surface area contributed by atoms with Gasteiger partial charge < -0.3 is 15.2 Å². The smallest absolute Gasteiger partial charge is 0.490 e. The van der Waals surface area contributed by atoms with Crippen LogP contribution >= 0.6 is 0 Å². The predicted molar refractivity (Wildman–Crippen MR) is 160 cm³/mol. The van der Waals surface area contributed by atoms with Crippen LogP contribution in [0.15, 0.2) is 91.0 Å². The lowest BCUT2D eigenvalue weighted by atomic mass is 10.1. The average Bonchev–Trinajstić information content (AvgIpc) is 3.22. The first-order chi connectivity index (χ1) is 20.6. The second-order valence-corrected chi connectivity index (χ2v) is 10.3. The van der Waals surface area contributed by atoms with Crippen LogP contribution in [0.5, 0.6) is 5.75 Å². The van der Waals surface area contributed by atoms with Crippen molar-refractivity contribution < 1.29 is 32.6 Å². The van der Waals surface area contributed by atoms with E-state index in [1.165, 1.54) is 11.1 Å². The van der Waals surface area contributed by atoms with E-state index >= 15 is 0 Å². The molecule has 0 aliphatic carbocycles. The summed E-state index contributed by atoms with van der Waals surface area (Å²) >= 11 is 0. The van der Waals surface area contributed by atoms with Crippen LogP contribution in [0.4, 0.5) is 18.9 Å². The average molecular weight is 594 g/mol. The molecule has 2 N–H and O–H groups in total. The molecule has 0 unspecified atom stereocenters. The summed E-state index contributed by atoms with van der Waals surface area (Å²) in [6.45, 7) is 6.11. The lowest BCUT2D eigenvalue weighted by Gasteiger charge is -2.22. The van der Waals surface area contributed by atoms with E-state index in [9.17, 15) is 18.0 Å². The highest BCUT2D eigenvalue weighted by molar-refractivity contribution is 6.06. The SMILES string of the molecule is COc1ccc(CN2CCCN(Cc3cccc(NC(=O)c4ccc5ccccc5c4)c3)CC2)cc1.O=C(O)C(F)(F)F. The van der Waals surface area contributed by atoms with Gasteiger partial charge in [-0.15, -0.1) is 0 Å². The summed E-state index contributed by atoms with van der Waals surface area (Å²) in [7, 11) is 1.70. The molecule has 1 fully saturated rings. The Kier molecular flexibility index (Phi) is 10.7. The molecule has 0 spiro atoms. The Balaban J connectivity index is 0.000000541. The zero-order valence-electron chi connectivity index (χ0n) is 23.8. The number of nitrogens with zero attached hydrogens (tertiary/aromatic N) is 2. The maximum Gasteiger partial charge on any atom is 0.490 e. The minimum atomic E-state index is -5.08. The van der Waals surface area contributed by atoms with Crippen LogP contribution in [0.1, 0.15) is 27.9 Å². The van der Waals surface area contributed by atoms with E-state index in [1.807, 2.05) is 60.7 Å². The van der Waals surface area contributed by atoms with Gasteiger partial charge in [-0.25, -0.2) is 4.79 Å². The van der Waals surface area contributed by atoms with Crippen molar-refractivity contribution in [3.05, 3.63) is 108 Å². The molecule has 1 aliphatic heterocycles. The van der Waals surface area contributed by atoms with Crippen molar-refractivity contribution in [1.82, 2.24) is 9.80 Å². The van der Waals surface area contributed by atoms with Gasteiger partial charge in [0.2, 0.25) is 0 Å². The van der Waals surface area contributed by atoms with Crippen LogP contribution in [-0.4, -0.2) is 66.2 Å². The van der Waals surface area contributed by atoms with Crippen molar-refractivity contribution in [1.29, 1.82) is 0 Å². The molecule has 1 heterocycles. The van der Waals surface area contributed by atoms with Gasteiger partial charge in [0.1, 0.15) is 5.75 Å². The summed E-state index contributed by atoms with van der Waals surface area (Å²) in [6.07, 6.45) is -3.94. The van der Waals surface area contributed by atoms with Gasteiger partial charge in [-0.2, -0.15) is 13.2 Å². The molecular formula is C33H34F3N3O4. The van der Waals surface area contributed by atoms with Crippen LogP contribution in [0, 0.1) is 0 Å². The fourth-order valence-electron chi connectivity index (χ4n) is 4.87. The molecule has 0 bridgehead atoms. The number of anilines is 1. The Morgan fingerprint density at radius 2 is 1.42 bits per heavy atom. The minimum Gasteiger partial charge on any atom is -0.497 e. The topological polar surface area (TPSA) is 82.1 Å². The number of rotatable bonds is 7. The molecular weight excluding hydrogens is 559 g/mol. The van der Waals surface area contributed by atoms with E-state index in [-0.39, 0.29) is 5.91 Å². The number of amides is 1. The number of fused-ring (bicyclic) bond motifs is 1. The van der Waals surface area contributed by atoms with Gasteiger partial charge in [-0.05, 0) is 77.8 Å². The number of ether oxygens (including phenoxy) is 1. The Labute approximate surface area is 248 Å². The molecule has 0 saturated carbocycles. The van der Waals surface area contributed by atoms with Crippen LogP contribution < -0.4 is 10.1 Å². The number of nitrogens with one attached hydrogen (secondary N) is 1. The third-order valence-electron chi connectivity index (χ3n) is 7.09. The van der Waals surface area contributed by atoms with Crippen molar-refractivity contribution in [3.8, 4) is 5.75 Å². The summed E-state index contributed by atoms with van der Waals surface area (Å²) in [6, 6.07) is 30.5. The van der Waals surface area contributed by atoms with Gasteiger partial charge in [0.15, 0.2) is 0 Å². The van der Waals surface area contributed by atoms with Gasteiger partial charge in [-0.3, -0.25) is 14.6 Å². The monoisotopic (exact) mass is 593 g/mol. The van der Waals surface area contributed by atoms with E-state index in [0.717, 1.165) is 67.9 Å². The number of benzene rings is 4. The van der Waals surface area contributed by atoms with Crippen LogP contribution in [0.3, 0.4) is 0 Å². The number of halogens is 3. The standard InChI is InChI=1S/C31H33N3O2.C2HF3O2/c1-36-30-14-10-24(11-15-30)22-33-16-5-17-34(19-18-33)23-25-6-4-9-29(20-25)32-31(35)28-13-12-26-7-2-3-8-27(26)21-28;3-2(4,5)1(6)7/h2-4,6-15,20-21H,5,16-19,22-23H2,1H3,(H,32,35);(H,6,7). The highest BCUT2D eigenvalue weighted by Crippen LogP contribution is 2.20. The van der Waals surface area contributed by atoms with E-state index in [4.69, 9.17) is 14.6 Å². The molecule has 7 nitrogen and oxygen atoms in total. The zero-order chi connectivity index (χ0) is 30.8. The summed E-state index contributed by atoms with van der Waals surface area (Å²) in [5.41, 5.74) is 4.04. The zero-order valence-corrected chi connectivity index (χ0v) is 23.8. The van der Waals surface area contributed by atoms with E-state index in [2.05, 4.69) is 45.4 Å². The second-order valence-electron chi connectivity index (χ2n) is 10.3. The van der Waals surface area contributed by atoms with E-state index in [1.54, 1.807) is 7.11 Å². The third kappa shape index (κ3) is 9.56. The van der Waals surface area contributed by atoms with Gasteiger partial charge >= 0.3 is 12.1 Å². The number of carbonyl (C=O) groups excluding carboxylic acids is 1. The lowest BCUT2D eigenvalue weighted by Crippen LogP contribution is -2.30. The highest BCUT2D eigenvalue weighted by Gasteiger charge is 2.38. The molecule has 5 rings (SSSR count). The Hall–Kier alpha value is -4.41. The van der Waals surface area contributed by atoms with Crippen LogP contribution in [0.25, 0.3) is 10.8 Å². The molecule has 43 heavy (non-hydrogen) atoms. The van der Waals surface area contributed by atoms with Gasteiger partial charge in [0, 0.05) is 37.4 Å². The molecule has 1 saturated heterocycles. The molecule has 4 aromatic rings. The Morgan fingerprint density at radius 3 is 2.05 bits per heavy atom. The number of hydrogen-bond donors (Lipinski definition) is 2. The maximum absolute atomic E-state index is 12.9. The molecule has 10 heteroatoms. The number of alkyl halides is 3. The molecule has 226 valence electrons. The highest BCUT2D eigenvalue weighted by atomic mass is 19.4. The first kappa shape index (κ1) is 31.5. The van der Waals surface area contributed by atoms with Crippen LogP contribution in [-0.2, 0) is 17.9 Å². The number of carboxylic acids is 1.